The SMILES string of the molecule is C=C(C#C[C@H]1O[C@H](CO)[C@@H](O)[C@H](O)[C@@H]1O)/C=C\C1=C(C)C2(CCCCO2)c2cc(C#C[C@H]3O[C@H](CO)[C@@H](O)[C@H](O)[C@@H]3O)ccc21. The smallest absolute Gasteiger partial charge is 0.147 e. The third kappa shape index (κ3) is 6.41. The fourth-order valence-corrected chi connectivity index (χ4v) is 6.32. The zero-order valence-corrected chi connectivity index (χ0v) is 24.9. The Morgan fingerprint density at radius 3 is 2.09 bits per heavy atom. The number of ether oxygens (including phenoxy) is 3. The number of aliphatic hydroxyl groups excluding tert-OH is 8. The molecule has 11 heteroatoms. The van der Waals surface area contributed by atoms with Gasteiger partial charge in [-0.3, -0.25) is 0 Å². The molecule has 45 heavy (non-hydrogen) atoms. The normalized spacial score (nSPS) is 38.0. The van der Waals surface area contributed by atoms with Crippen LogP contribution in [0, 0.1) is 23.7 Å². The largest absolute Gasteiger partial charge is 0.394 e. The fourth-order valence-electron chi connectivity index (χ4n) is 6.32. The first kappa shape index (κ1) is 33.5. The molecule has 0 aromatic heterocycles. The lowest BCUT2D eigenvalue weighted by molar-refractivity contribution is -0.214. The Labute approximate surface area is 261 Å². The van der Waals surface area contributed by atoms with Gasteiger partial charge in [0.05, 0.1) is 13.2 Å². The van der Waals surface area contributed by atoms with Crippen molar-refractivity contribution in [3.05, 3.63) is 64.8 Å². The molecule has 3 fully saturated rings. The van der Waals surface area contributed by atoms with Crippen LogP contribution in [0.3, 0.4) is 0 Å². The van der Waals surface area contributed by atoms with E-state index >= 15 is 0 Å². The van der Waals surface area contributed by atoms with Crippen molar-refractivity contribution < 1.29 is 55.1 Å². The number of hydrogen-bond acceptors (Lipinski definition) is 11. The predicted molar refractivity (Wildman–Crippen MR) is 161 cm³/mol. The van der Waals surface area contributed by atoms with E-state index in [1.54, 1.807) is 6.08 Å². The first-order valence-corrected chi connectivity index (χ1v) is 15.0. The van der Waals surface area contributed by atoms with E-state index in [-0.39, 0.29) is 0 Å². The summed E-state index contributed by atoms with van der Waals surface area (Å²) in [5, 5.41) is 79.7. The highest BCUT2D eigenvalue weighted by atomic mass is 16.6. The van der Waals surface area contributed by atoms with Crippen molar-refractivity contribution in [1.82, 2.24) is 0 Å². The van der Waals surface area contributed by atoms with Crippen molar-refractivity contribution in [2.45, 2.75) is 92.8 Å². The summed E-state index contributed by atoms with van der Waals surface area (Å²) in [5.41, 5.74) is 4.21. The molecule has 0 radical (unpaired) electrons. The minimum atomic E-state index is -1.51. The molecular weight excluding hydrogens is 584 g/mol. The summed E-state index contributed by atoms with van der Waals surface area (Å²) in [6, 6.07) is 5.70. The molecule has 242 valence electrons. The number of rotatable bonds is 4. The van der Waals surface area contributed by atoms with Crippen molar-refractivity contribution in [3.63, 3.8) is 0 Å². The number of benzene rings is 1. The first-order valence-electron chi connectivity index (χ1n) is 15.0. The summed E-state index contributed by atoms with van der Waals surface area (Å²) >= 11 is 0. The third-order valence-corrected chi connectivity index (χ3v) is 9.00. The third-order valence-electron chi connectivity index (χ3n) is 9.00. The first-order chi connectivity index (χ1) is 21.5. The predicted octanol–water partition coefficient (Wildman–Crippen LogP) is -0.978. The molecule has 11 nitrogen and oxygen atoms in total. The number of allylic oxidation sites excluding steroid dienone is 4. The summed E-state index contributed by atoms with van der Waals surface area (Å²) in [5.74, 6) is 11.4. The van der Waals surface area contributed by atoms with E-state index in [1.807, 2.05) is 31.2 Å². The van der Waals surface area contributed by atoms with E-state index in [0.717, 1.165) is 41.5 Å². The molecule has 0 bridgehead atoms. The molecule has 8 N–H and O–H groups in total. The van der Waals surface area contributed by atoms with Gasteiger partial charge in [-0.2, -0.15) is 0 Å². The molecule has 5 rings (SSSR count). The van der Waals surface area contributed by atoms with Gasteiger partial charge >= 0.3 is 0 Å². The van der Waals surface area contributed by atoms with Crippen molar-refractivity contribution in [2.75, 3.05) is 19.8 Å². The Balaban J connectivity index is 1.39. The Morgan fingerprint density at radius 1 is 0.889 bits per heavy atom. The molecule has 1 unspecified atom stereocenters. The monoisotopic (exact) mass is 624 g/mol. The lowest BCUT2D eigenvalue weighted by Gasteiger charge is -2.37. The topological polar surface area (TPSA) is 190 Å². The second kappa shape index (κ2) is 13.9. The number of fused-ring (bicyclic) bond motifs is 2. The molecule has 1 aromatic rings. The summed E-state index contributed by atoms with van der Waals surface area (Å²) in [6.45, 7) is 5.52. The number of aliphatic hydroxyl groups is 8. The van der Waals surface area contributed by atoms with Crippen LogP contribution in [0.4, 0.5) is 0 Å². The van der Waals surface area contributed by atoms with Crippen molar-refractivity contribution in [2.24, 2.45) is 0 Å². The molecule has 0 saturated carbocycles. The summed E-state index contributed by atoms with van der Waals surface area (Å²) in [4.78, 5) is 0. The van der Waals surface area contributed by atoms with E-state index in [0.29, 0.717) is 17.7 Å². The molecular formula is C34H40O11. The quantitative estimate of drug-likeness (QED) is 0.152. The van der Waals surface area contributed by atoms with Gasteiger partial charge in [0, 0.05) is 17.7 Å². The van der Waals surface area contributed by atoms with Crippen molar-refractivity contribution >= 4 is 5.57 Å². The lowest BCUT2D eigenvalue weighted by Crippen LogP contribution is -2.58. The van der Waals surface area contributed by atoms with Crippen LogP contribution in [0.25, 0.3) is 5.57 Å². The van der Waals surface area contributed by atoms with Gasteiger partial charge < -0.3 is 55.1 Å². The Bertz CT molecular complexity index is 1450. The Hall–Kier alpha value is -2.88. The molecule has 3 aliphatic heterocycles. The van der Waals surface area contributed by atoms with Crippen LogP contribution >= 0.6 is 0 Å². The molecule has 1 aliphatic carbocycles. The van der Waals surface area contributed by atoms with Gasteiger partial charge in [-0.1, -0.05) is 42.4 Å². The molecule has 3 heterocycles. The van der Waals surface area contributed by atoms with Gasteiger partial charge in [-0.15, -0.1) is 0 Å². The summed E-state index contributed by atoms with van der Waals surface area (Å²) in [7, 11) is 0. The minimum Gasteiger partial charge on any atom is -0.394 e. The maximum atomic E-state index is 10.4. The molecule has 1 aromatic carbocycles. The van der Waals surface area contributed by atoms with Crippen molar-refractivity contribution in [1.29, 1.82) is 0 Å². The standard InChI is InChI=1S/C34H40O11/c1-18(6-11-24-28(37)32(41)30(39)26(16-35)44-24)5-9-21-19(2)34(13-3-4-14-43-34)23-15-20(7-10-22(21)23)8-12-25-29(38)33(42)31(40)27(17-36)45-25/h5,7,9-10,15,24-33,35-42H,1,3-4,13-14,16-17H2,2H3/b9-5-/t24-,25-,26-,27-,28-,29-,30-,31-,32-,33-,34?/m1/s1. The zero-order chi connectivity index (χ0) is 32.5. The van der Waals surface area contributed by atoms with E-state index in [1.165, 1.54) is 0 Å². The van der Waals surface area contributed by atoms with E-state index in [2.05, 4.69) is 30.3 Å². The molecule has 3 saturated heterocycles. The van der Waals surface area contributed by atoms with Crippen LogP contribution in [0.5, 0.6) is 0 Å². The maximum Gasteiger partial charge on any atom is 0.147 e. The fraction of sp³-hybridized carbons (Fsp3) is 0.529. The average molecular weight is 625 g/mol. The molecule has 0 amide bonds. The van der Waals surface area contributed by atoms with E-state index in [4.69, 9.17) is 14.2 Å². The van der Waals surface area contributed by atoms with Crippen LogP contribution in [-0.2, 0) is 19.8 Å². The summed E-state index contributed by atoms with van der Waals surface area (Å²) < 4.78 is 17.4. The minimum absolute atomic E-state index is 0.404. The van der Waals surface area contributed by atoms with Gasteiger partial charge in [0.15, 0.2) is 0 Å². The highest BCUT2D eigenvalue weighted by Gasteiger charge is 2.46. The Morgan fingerprint density at radius 2 is 1.51 bits per heavy atom. The molecule has 11 atom stereocenters. The maximum absolute atomic E-state index is 10.4. The van der Waals surface area contributed by atoms with Gasteiger partial charge in [0.2, 0.25) is 0 Å². The second-order valence-electron chi connectivity index (χ2n) is 11.8. The zero-order valence-electron chi connectivity index (χ0n) is 24.9. The van der Waals surface area contributed by atoms with Crippen LogP contribution in [0.15, 0.2) is 48.1 Å². The van der Waals surface area contributed by atoms with Gasteiger partial charge in [-0.25, -0.2) is 0 Å². The summed E-state index contributed by atoms with van der Waals surface area (Å²) in [6.07, 6.45) is -6.87. The van der Waals surface area contributed by atoms with Gasteiger partial charge in [-0.05, 0) is 66.7 Å². The van der Waals surface area contributed by atoms with Crippen LogP contribution in [0.2, 0.25) is 0 Å². The van der Waals surface area contributed by atoms with Crippen molar-refractivity contribution in [3.8, 4) is 23.7 Å². The van der Waals surface area contributed by atoms with E-state index < -0.39 is 79.9 Å². The van der Waals surface area contributed by atoms with Crippen LogP contribution in [0.1, 0.15) is 42.9 Å². The average Bonchev–Trinajstić information content (AvgIpc) is 3.26. The molecule has 4 aliphatic rings. The van der Waals surface area contributed by atoms with Gasteiger partial charge in [0.25, 0.3) is 0 Å². The lowest BCUT2D eigenvalue weighted by atomic mass is 9.83. The van der Waals surface area contributed by atoms with Gasteiger partial charge in [0.1, 0.15) is 66.6 Å². The van der Waals surface area contributed by atoms with Crippen LogP contribution in [-0.4, -0.2) is 122 Å². The second-order valence-corrected chi connectivity index (χ2v) is 11.8. The number of hydrogen-bond donors (Lipinski definition) is 8. The Kier molecular flexibility index (Phi) is 10.3. The highest BCUT2D eigenvalue weighted by Crippen LogP contribution is 2.52. The van der Waals surface area contributed by atoms with E-state index in [9.17, 15) is 40.9 Å². The highest BCUT2D eigenvalue weighted by molar-refractivity contribution is 5.86. The van der Waals surface area contributed by atoms with Crippen LogP contribution < -0.4 is 0 Å². The molecule has 1 spiro atoms.